The zero-order valence-electron chi connectivity index (χ0n) is 15.6. The largest absolute Gasteiger partial charge is 0.326 e. The Morgan fingerprint density at radius 1 is 1.08 bits per heavy atom. The van der Waals surface area contributed by atoms with Gasteiger partial charge in [-0.05, 0) is 66.1 Å². The minimum Gasteiger partial charge on any atom is -0.326 e. The van der Waals surface area contributed by atoms with Crippen molar-refractivity contribution >= 4 is 11.6 Å². The van der Waals surface area contributed by atoms with E-state index in [0.717, 1.165) is 41.1 Å². The van der Waals surface area contributed by atoms with Crippen molar-refractivity contribution < 1.29 is 4.79 Å². The first kappa shape index (κ1) is 17.1. The van der Waals surface area contributed by atoms with Gasteiger partial charge < -0.3 is 9.88 Å². The Morgan fingerprint density at radius 2 is 1.85 bits per heavy atom. The van der Waals surface area contributed by atoms with E-state index in [0.29, 0.717) is 6.42 Å². The standard InChI is InChI=1S/C22H26N2O2/c1-14-9-19(13-24(2)22(14)26)17-11-16-7-8-20(25)23-21(16)18(12-17)10-15-5-3-4-6-15/h9,11-13,15H,3-8,10H2,1-2H3,(H,23,25). The van der Waals surface area contributed by atoms with Crippen molar-refractivity contribution in [3.8, 4) is 11.1 Å². The highest BCUT2D eigenvalue weighted by Crippen LogP contribution is 2.36. The number of hydrogen-bond acceptors (Lipinski definition) is 2. The number of nitrogens with zero attached hydrogens (tertiary/aromatic N) is 1. The first-order valence-corrected chi connectivity index (χ1v) is 9.64. The van der Waals surface area contributed by atoms with Crippen LogP contribution < -0.4 is 10.9 Å². The number of aryl methyl sites for hydroxylation is 3. The molecule has 0 unspecified atom stereocenters. The maximum atomic E-state index is 12.0. The first-order chi connectivity index (χ1) is 12.5. The lowest BCUT2D eigenvalue weighted by atomic mass is 9.89. The summed E-state index contributed by atoms with van der Waals surface area (Å²) < 4.78 is 1.66. The summed E-state index contributed by atoms with van der Waals surface area (Å²) in [6, 6.07) is 6.39. The van der Waals surface area contributed by atoms with Crippen molar-refractivity contribution in [1.29, 1.82) is 0 Å². The smallest absolute Gasteiger partial charge is 0.253 e. The number of anilines is 1. The summed E-state index contributed by atoms with van der Waals surface area (Å²) in [6.45, 7) is 1.86. The van der Waals surface area contributed by atoms with E-state index in [2.05, 4.69) is 17.4 Å². The summed E-state index contributed by atoms with van der Waals surface area (Å²) >= 11 is 0. The Hall–Kier alpha value is -2.36. The second-order valence-electron chi connectivity index (χ2n) is 7.90. The average Bonchev–Trinajstić information content (AvgIpc) is 3.12. The molecule has 1 amide bonds. The molecule has 26 heavy (non-hydrogen) atoms. The minimum atomic E-state index is 0.0464. The number of hydrogen-bond donors (Lipinski definition) is 1. The van der Waals surface area contributed by atoms with Gasteiger partial charge in [0.25, 0.3) is 5.56 Å². The summed E-state index contributed by atoms with van der Waals surface area (Å²) in [4.78, 5) is 24.0. The van der Waals surface area contributed by atoms with E-state index in [1.54, 1.807) is 11.6 Å². The summed E-state index contributed by atoms with van der Waals surface area (Å²) in [5.41, 5.74) is 6.53. The summed E-state index contributed by atoms with van der Waals surface area (Å²) in [5, 5.41) is 3.12. The van der Waals surface area contributed by atoms with E-state index < -0.39 is 0 Å². The third kappa shape index (κ3) is 3.20. The van der Waals surface area contributed by atoms with Gasteiger partial charge in [-0.25, -0.2) is 0 Å². The van der Waals surface area contributed by atoms with E-state index in [4.69, 9.17) is 0 Å². The van der Waals surface area contributed by atoms with Crippen LogP contribution in [0.2, 0.25) is 0 Å². The Labute approximate surface area is 154 Å². The zero-order valence-corrected chi connectivity index (χ0v) is 15.6. The second kappa shape index (κ2) is 6.75. The predicted octanol–water partition coefficient (Wildman–Crippen LogP) is 3.98. The van der Waals surface area contributed by atoms with Crippen LogP contribution in [0.5, 0.6) is 0 Å². The molecule has 0 atom stereocenters. The number of nitrogens with one attached hydrogen (secondary N) is 1. The van der Waals surface area contributed by atoms with Crippen LogP contribution in [0.25, 0.3) is 11.1 Å². The Balaban J connectivity index is 1.80. The number of amides is 1. The second-order valence-corrected chi connectivity index (χ2v) is 7.90. The van der Waals surface area contributed by atoms with Crippen molar-refractivity contribution in [3.05, 3.63) is 51.4 Å². The van der Waals surface area contributed by atoms with Gasteiger partial charge in [0.1, 0.15) is 0 Å². The minimum absolute atomic E-state index is 0.0464. The molecule has 1 aliphatic carbocycles. The average molecular weight is 350 g/mol. The fraction of sp³-hybridized carbons (Fsp3) is 0.455. The number of rotatable bonds is 3. The number of benzene rings is 1. The molecule has 2 aliphatic rings. The fourth-order valence-corrected chi connectivity index (χ4v) is 4.46. The van der Waals surface area contributed by atoms with E-state index in [-0.39, 0.29) is 11.5 Å². The quantitative estimate of drug-likeness (QED) is 0.910. The number of carbonyl (C=O) groups excluding carboxylic acids is 1. The Morgan fingerprint density at radius 3 is 2.58 bits per heavy atom. The molecule has 0 spiro atoms. The molecule has 2 heterocycles. The molecule has 1 fully saturated rings. The summed E-state index contributed by atoms with van der Waals surface area (Å²) in [6.07, 6.45) is 9.48. The van der Waals surface area contributed by atoms with Gasteiger partial charge in [-0.15, -0.1) is 0 Å². The number of aromatic nitrogens is 1. The molecule has 2 aromatic rings. The van der Waals surface area contributed by atoms with Gasteiger partial charge in [0.2, 0.25) is 5.91 Å². The lowest BCUT2D eigenvalue weighted by Gasteiger charge is -2.23. The highest BCUT2D eigenvalue weighted by Gasteiger charge is 2.23. The van der Waals surface area contributed by atoms with Crippen LogP contribution >= 0.6 is 0 Å². The molecule has 0 radical (unpaired) electrons. The van der Waals surface area contributed by atoms with Crippen LogP contribution in [0, 0.1) is 12.8 Å². The van der Waals surface area contributed by atoms with E-state index in [1.807, 2.05) is 19.2 Å². The molecule has 1 aromatic carbocycles. The first-order valence-electron chi connectivity index (χ1n) is 9.64. The van der Waals surface area contributed by atoms with Gasteiger partial charge in [0.15, 0.2) is 0 Å². The van der Waals surface area contributed by atoms with Crippen LogP contribution in [-0.2, 0) is 24.7 Å². The molecule has 0 saturated heterocycles. The molecule has 1 saturated carbocycles. The summed E-state index contributed by atoms with van der Waals surface area (Å²) in [5.74, 6) is 0.839. The zero-order chi connectivity index (χ0) is 18.3. The molecule has 136 valence electrons. The Bertz CT molecular complexity index is 894. The highest BCUT2D eigenvalue weighted by molar-refractivity contribution is 5.95. The molecule has 1 aliphatic heterocycles. The molecule has 4 nitrogen and oxygen atoms in total. The molecular formula is C22H26N2O2. The Kier molecular flexibility index (Phi) is 4.43. The van der Waals surface area contributed by atoms with Crippen LogP contribution in [0.3, 0.4) is 0 Å². The maximum absolute atomic E-state index is 12.0. The number of carbonyl (C=O) groups is 1. The molecular weight excluding hydrogens is 324 g/mol. The molecule has 0 bridgehead atoms. The summed E-state index contributed by atoms with van der Waals surface area (Å²) in [7, 11) is 1.80. The van der Waals surface area contributed by atoms with Crippen LogP contribution in [0.4, 0.5) is 5.69 Å². The van der Waals surface area contributed by atoms with Gasteiger partial charge >= 0.3 is 0 Å². The van der Waals surface area contributed by atoms with E-state index >= 15 is 0 Å². The van der Waals surface area contributed by atoms with Crippen LogP contribution in [0.15, 0.2) is 29.2 Å². The van der Waals surface area contributed by atoms with Gasteiger partial charge in [-0.3, -0.25) is 9.59 Å². The van der Waals surface area contributed by atoms with Crippen LogP contribution in [-0.4, -0.2) is 10.5 Å². The number of pyridine rings is 1. The van der Waals surface area contributed by atoms with Gasteiger partial charge in [-0.1, -0.05) is 25.7 Å². The van der Waals surface area contributed by atoms with Crippen molar-refractivity contribution in [3.63, 3.8) is 0 Å². The van der Waals surface area contributed by atoms with Crippen molar-refractivity contribution in [2.45, 2.75) is 51.9 Å². The predicted molar refractivity (Wildman–Crippen MR) is 104 cm³/mol. The SMILES string of the molecule is Cc1cc(-c2cc3c(c(CC4CCCC4)c2)NC(=O)CC3)cn(C)c1=O. The fourth-order valence-electron chi connectivity index (χ4n) is 4.46. The van der Waals surface area contributed by atoms with Gasteiger partial charge in [0, 0.05) is 30.9 Å². The lowest BCUT2D eigenvalue weighted by molar-refractivity contribution is -0.116. The lowest BCUT2D eigenvalue weighted by Crippen LogP contribution is -2.21. The molecule has 4 rings (SSSR count). The molecule has 4 heteroatoms. The maximum Gasteiger partial charge on any atom is 0.253 e. The van der Waals surface area contributed by atoms with Gasteiger partial charge in [-0.2, -0.15) is 0 Å². The van der Waals surface area contributed by atoms with E-state index in [1.165, 1.54) is 36.8 Å². The van der Waals surface area contributed by atoms with Crippen LogP contribution in [0.1, 0.15) is 48.8 Å². The van der Waals surface area contributed by atoms with Crippen molar-refractivity contribution in [2.75, 3.05) is 5.32 Å². The van der Waals surface area contributed by atoms with Gasteiger partial charge in [0.05, 0.1) is 0 Å². The number of fused-ring (bicyclic) bond motifs is 1. The topological polar surface area (TPSA) is 51.1 Å². The molecule has 1 aromatic heterocycles. The third-order valence-electron chi connectivity index (χ3n) is 5.87. The third-order valence-corrected chi connectivity index (χ3v) is 5.87. The molecule has 1 N–H and O–H groups in total. The highest BCUT2D eigenvalue weighted by atomic mass is 16.1. The van der Waals surface area contributed by atoms with E-state index in [9.17, 15) is 9.59 Å². The normalized spacial score (nSPS) is 17.2. The van der Waals surface area contributed by atoms with Crippen molar-refractivity contribution in [2.24, 2.45) is 13.0 Å². The van der Waals surface area contributed by atoms with Crippen molar-refractivity contribution in [1.82, 2.24) is 4.57 Å². The monoisotopic (exact) mass is 350 g/mol.